The fourth-order valence-electron chi connectivity index (χ4n) is 2.46. The summed E-state index contributed by atoms with van der Waals surface area (Å²) in [5, 5.41) is 0.376. The van der Waals surface area contributed by atoms with Crippen LogP contribution in [0.3, 0.4) is 0 Å². The SMILES string of the molecule is COC(=O)c1ccc(CN2C[C@@H](C)S(=O)[C@@H](C)C2)nc1. The van der Waals surface area contributed by atoms with Gasteiger partial charge in [0.05, 0.1) is 18.4 Å². The van der Waals surface area contributed by atoms with Crippen LogP contribution in [-0.2, 0) is 22.1 Å². The zero-order valence-electron chi connectivity index (χ0n) is 12.0. The second-order valence-corrected chi connectivity index (χ2v) is 7.44. The van der Waals surface area contributed by atoms with Crippen molar-refractivity contribution in [2.24, 2.45) is 0 Å². The minimum absolute atomic E-state index is 0.188. The van der Waals surface area contributed by atoms with Gasteiger partial charge in [0.1, 0.15) is 0 Å². The van der Waals surface area contributed by atoms with Gasteiger partial charge in [-0.2, -0.15) is 0 Å². The van der Waals surface area contributed by atoms with Crippen LogP contribution in [0.25, 0.3) is 0 Å². The van der Waals surface area contributed by atoms with E-state index in [1.165, 1.54) is 13.3 Å². The van der Waals surface area contributed by atoms with Gasteiger partial charge in [0.2, 0.25) is 0 Å². The van der Waals surface area contributed by atoms with Crippen molar-refractivity contribution in [3.8, 4) is 0 Å². The Bertz CT molecular complexity index is 490. The molecular weight excluding hydrogens is 276 g/mol. The highest BCUT2D eigenvalue weighted by Crippen LogP contribution is 2.16. The van der Waals surface area contributed by atoms with Gasteiger partial charge in [-0.3, -0.25) is 14.1 Å². The van der Waals surface area contributed by atoms with Crippen LogP contribution in [0.4, 0.5) is 0 Å². The summed E-state index contributed by atoms with van der Waals surface area (Å²) >= 11 is 0. The van der Waals surface area contributed by atoms with Crippen LogP contribution in [0.5, 0.6) is 0 Å². The number of aromatic nitrogens is 1. The molecule has 0 saturated carbocycles. The molecule has 2 rings (SSSR count). The first-order chi connectivity index (χ1) is 9.51. The first kappa shape index (κ1) is 15.1. The number of carbonyl (C=O) groups excluding carboxylic acids is 1. The van der Waals surface area contributed by atoms with E-state index >= 15 is 0 Å². The molecule has 6 heteroatoms. The van der Waals surface area contributed by atoms with Crippen LogP contribution in [0, 0.1) is 0 Å². The van der Waals surface area contributed by atoms with Gasteiger partial charge in [-0.15, -0.1) is 0 Å². The van der Waals surface area contributed by atoms with E-state index in [9.17, 15) is 9.00 Å². The summed E-state index contributed by atoms with van der Waals surface area (Å²) in [7, 11) is 0.611. The van der Waals surface area contributed by atoms with E-state index in [-0.39, 0.29) is 16.5 Å². The second kappa shape index (κ2) is 6.45. The lowest BCUT2D eigenvalue weighted by molar-refractivity contribution is 0.0600. The number of hydrogen-bond acceptors (Lipinski definition) is 5. The monoisotopic (exact) mass is 296 g/mol. The van der Waals surface area contributed by atoms with E-state index < -0.39 is 10.8 Å². The zero-order valence-corrected chi connectivity index (χ0v) is 12.9. The van der Waals surface area contributed by atoms with E-state index in [0.717, 1.165) is 18.8 Å². The summed E-state index contributed by atoms with van der Waals surface area (Å²) in [5.41, 5.74) is 1.36. The van der Waals surface area contributed by atoms with Crippen molar-refractivity contribution in [2.75, 3.05) is 20.2 Å². The Balaban J connectivity index is 2.00. The molecule has 0 aliphatic carbocycles. The standard InChI is InChI=1S/C14H20N2O3S/c1-10-7-16(8-11(2)20(10)18)9-13-5-4-12(6-15-13)14(17)19-3/h4-6,10-11H,7-9H2,1-3H3/t10-,11+,20?. The van der Waals surface area contributed by atoms with Crippen LogP contribution < -0.4 is 0 Å². The molecule has 1 fully saturated rings. The third kappa shape index (κ3) is 3.43. The normalized spacial score (nSPS) is 27.2. The van der Waals surface area contributed by atoms with Crippen molar-refractivity contribution < 1.29 is 13.7 Å². The highest BCUT2D eigenvalue weighted by molar-refractivity contribution is 7.86. The molecule has 0 N–H and O–H groups in total. The van der Waals surface area contributed by atoms with Gasteiger partial charge in [0.15, 0.2) is 0 Å². The predicted molar refractivity (Wildman–Crippen MR) is 77.9 cm³/mol. The second-order valence-electron chi connectivity index (χ2n) is 5.17. The molecule has 1 aliphatic heterocycles. The van der Waals surface area contributed by atoms with Crippen LogP contribution >= 0.6 is 0 Å². The Hall–Kier alpha value is -1.27. The topological polar surface area (TPSA) is 59.5 Å². The van der Waals surface area contributed by atoms with Gasteiger partial charge in [0, 0.05) is 47.1 Å². The Labute approximate surface area is 121 Å². The Morgan fingerprint density at radius 3 is 2.55 bits per heavy atom. The summed E-state index contributed by atoms with van der Waals surface area (Å²) in [6.45, 7) is 6.39. The molecule has 0 bridgehead atoms. The molecule has 2 heterocycles. The fourth-order valence-corrected chi connectivity index (χ4v) is 3.97. The van der Waals surface area contributed by atoms with Crippen LogP contribution in [0.15, 0.2) is 18.3 Å². The van der Waals surface area contributed by atoms with Crippen LogP contribution in [-0.4, -0.2) is 50.8 Å². The average Bonchev–Trinajstić information content (AvgIpc) is 2.44. The molecule has 1 saturated heterocycles. The van der Waals surface area contributed by atoms with Gasteiger partial charge in [-0.05, 0) is 26.0 Å². The number of rotatable bonds is 3. The summed E-state index contributed by atoms with van der Waals surface area (Å²) in [6.07, 6.45) is 1.54. The Morgan fingerprint density at radius 2 is 2.05 bits per heavy atom. The molecule has 0 spiro atoms. The first-order valence-electron chi connectivity index (χ1n) is 6.66. The molecule has 0 aromatic carbocycles. The number of pyridine rings is 1. The summed E-state index contributed by atoms with van der Waals surface area (Å²) < 4.78 is 16.5. The third-order valence-corrected chi connectivity index (χ3v) is 5.34. The van der Waals surface area contributed by atoms with Crippen molar-refractivity contribution in [3.05, 3.63) is 29.6 Å². The van der Waals surface area contributed by atoms with Crippen molar-refractivity contribution in [2.45, 2.75) is 30.9 Å². The fraction of sp³-hybridized carbons (Fsp3) is 0.571. The van der Waals surface area contributed by atoms with Gasteiger partial charge in [0.25, 0.3) is 0 Å². The number of hydrogen-bond donors (Lipinski definition) is 0. The number of carbonyl (C=O) groups is 1. The number of esters is 1. The maximum Gasteiger partial charge on any atom is 0.339 e. The molecule has 0 amide bonds. The lowest BCUT2D eigenvalue weighted by Crippen LogP contribution is -2.46. The van der Waals surface area contributed by atoms with Gasteiger partial charge in [-0.25, -0.2) is 4.79 Å². The summed E-state index contributed by atoms with van der Waals surface area (Å²) in [5.74, 6) is -0.375. The van der Waals surface area contributed by atoms with Gasteiger partial charge < -0.3 is 4.74 Å². The molecule has 1 unspecified atom stereocenters. The summed E-state index contributed by atoms with van der Waals surface area (Å²) in [6, 6.07) is 3.57. The lowest BCUT2D eigenvalue weighted by atomic mass is 10.2. The first-order valence-corrected chi connectivity index (χ1v) is 7.94. The minimum atomic E-state index is -0.743. The molecule has 3 atom stereocenters. The van der Waals surface area contributed by atoms with Crippen LogP contribution in [0.1, 0.15) is 29.9 Å². The molecule has 1 aliphatic rings. The molecular formula is C14H20N2O3S. The van der Waals surface area contributed by atoms with Crippen molar-refractivity contribution in [1.29, 1.82) is 0 Å². The molecule has 0 radical (unpaired) electrons. The molecule has 5 nitrogen and oxygen atoms in total. The quantitative estimate of drug-likeness (QED) is 0.785. The smallest absolute Gasteiger partial charge is 0.339 e. The average molecular weight is 296 g/mol. The van der Waals surface area contributed by atoms with E-state index in [0.29, 0.717) is 12.1 Å². The highest BCUT2D eigenvalue weighted by atomic mass is 32.2. The molecule has 1 aromatic rings. The largest absolute Gasteiger partial charge is 0.465 e. The maximum atomic E-state index is 11.9. The van der Waals surface area contributed by atoms with Gasteiger partial charge in [-0.1, -0.05) is 0 Å². The zero-order chi connectivity index (χ0) is 14.7. The van der Waals surface area contributed by atoms with E-state index in [2.05, 4.69) is 14.6 Å². The van der Waals surface area contributed by atoms with Gasteiger partial charge >= 0.3 is 5.97 Å². The number of nitrogens with zero attached hydrogens (tertiary/aromatic N) is 2. The summed E-state index contributed by atoms with van der Waals surface area (Å²) in [4.78, 5) is 17.9. The highest BCUT2D eigenvalue weighted by Gasteiger charge is 2.28. The van der Waals surface area contributed by atoms with E-state index in [1.807, 2.05) is 19.9 Å². The van der Waals surface area contributed by atoms with E-state index in [4.69, 9.17) is 0 Å². The minimum Gasteiger partial charge on any atom is -0.465 e. The van der Waals surface area contributed by atoms with Crippen LogP contribution in [0.2, 0.25) is 0 Å². The Kier molecular flexibility index (Phi) is 4.88. The molecule has 1 aromatic heterocycles. The Morgan fingerprint density at radius 1 is 1.40 bits per heavy atom. The maximum absolute atomic E-state index is 11.9. The van der Waals surface area contributed by atoms with E-state index in [1.54, 1.807) is 6.07 Å². The third-order valence-electron chi connectivity index (χ3n) is 3.46. The number of ether oxygens (including phenoxy) is 1. The van der Waals surface area contributed by atoms with Crippen molar-refractivity contribution in [3.63, 3.8) is 0 Å². The molecule has 110 valence electrons. The van der Waals surface area contributed by atoms with Crippen molar-refractivity contribution >= 4 is 16.8 Å². The number of methoxy groups -OCH3 is 1. The lowest BCUT2D eigenvalue weighted by Gasteiger charge is -2.34. The molecule has 20 heavy (non-hydrogen) atoms. The predicted octanol–water partition coefficient (Wildman–Crippen LogP) is 1.21. The van der Waals surface area contributed by atoms with Crippen molar-refractivity contribution in [1.82, 2.24) is 9.88 Å².